The molecule has 0 bridgehead atoms. The van der Waals surface area contributed by atoms with Crippen molar-refractivity contribution in [3.05, 3.63) is 23.9 Å². The van der Waals surface area contributed by atoms with Crippen molar-refractivity contribution < 1.29 is 14.3 Å². The maximum atomic E-state index is 12.9. The minimum Gasteiger partial charge on any atom is -0.481 e. The highest BCUT2D eigenvalue weighted by Gasteiger charge is 2.43. The lowest BCUT2D eigenvalue weighted by Gasteiger charge is -2.49. The number of amides is 1. The number of piperazine rings is 1. The molecule has 3 fully saturated rings. The molecule has 4 rings (SSSR count). The molecule has 31 heavy (non-hydrogen) atoms. The van der Waals surface area contributed by atoms with Gasteiger partial charge < -0.3 is 19.3 Å². The summed E-state index contributed by atoms with van der Waals surface area (Å²) in [4.78, 5) is 24.3. The Kier molecular flexibility index (Phi) is 7.14. The maximum Gasteiger partial charge on any atom is 0.255 e. The van der Waals surface area contributed by atoms with Crippen LogP contribution >= 0.6 is 0 Å². The van der Waals surface area contributed by atoms with Crippen LogP contribution in [0.1, 0.15) is 49.9 Å². The summed E-state index contributed by atoms with van der Waals surface area (Å²) in [7, 11) is 1.58. The molecule has 0 radical (unpaired) electrons. The summed E-state index contributed by atoms with van der Waals surface area (Å²) in [5, 5.41) is 0. The van der Waals surface area contributed by atoms with Crippen molar-refractivity contribution in [3.8, 4) is 5.88 Å². The van der Waals surface area contributed by atoms with Crippen molar-refractivity contribution in [1.29, 1.82) is 0 Å². The first-order valence-electron chi connectivity index (χ1n) is 11.9. The van der Waals surface area contributed by atoms with Crippen LogP contribution in [0, 0.1) is 5.92 Å². The van der Waals surface area contributed by atoms with Crippen LogP contribution in [0.4, 0.5) is 0 Å². The van der Waals surface area contributed by atoms with Gasteiger partial charge >= 0.3 is 0 Å². The van der Waals surface area contributed by atoms with Crippen molar-refractivity contribution in [2.75, 3.05) is 59.5 Å². The first kappa shape index (κ1) is 22.5. The van der Waals surface area contributed by atoms with Gasteiger partial charge in [-0.25, -0.2) is 4.98 Å². The fourth-order valence-electron chi connectivity index (χ4n) is 5.42. The third kappa shape index (κ3) is 5.38. The van der Waals surface area contributed by atoms with Gasteiger partial charge in [-0.3, -0.25) is 9.69 Å². The zero-order chi connectivity index (χ0) is 21.8. The second-order valence-corrected chi connectivity index (χ2v) is 9.79. The molecule has 3 aliphatic heterocycles. The average Bonchev–Trinajstić information content (AvgIpc) is 2.79. The molecule has 0 aliphatic carbocycles. The second-order valence-electron chi connectivity index (χ2n) is 9.79. The third-order valence-electron chi connectivity index (χ3n) is 7.17. The third-order valence-corrected chi connectivity index (χ3v) is 7.17. The molecule has 1 atom stereocenters. The molecule has 4 heterocycles. The molecule has 1 aromatic heterocycles. The molecule has 0 unspecified atom stereocenters. The van der Waals surface area contributed by atoms with Gasteiger partial charge in [0.1, 0.15) is 0 Å². The minimum atomic E-state index is -0.0626. The van der Waals surface area contributed by atoms with E-state index >= 15 is 0 Å². The van der Waals surface area contributed by atoms with E-state index in [2.05, 4.69) is 28.6 Å². The topological polar surface area (TPSA) is 58.1 Å². The number of methoxy groups -OCH3 is 1. The standard InChI is InChI=1S/C24H38N4O3/c1-19(2)18-26-11-13-27(14-12-26)21-6-15-31-24(16-21)7-9-28(10-8-24)23(29)20-4-5-22(30-3)25-17-20/h4-5,17,19,21H,6-16,18H2,1-3H3/t21-/m1/s1. The molecule has 1 aromatic rings. The molecule has 0 N–H and O–H groups in total. The molecule has 3 saturated heterocycles. The SMILES string of the molecule is COc1ccc(C(=O)N2CCC3(CC2)C[C@H](N2CCN(CC(C)C)CC2)CCO3)cn1. The molecule has 0 aromatic carbocycles. The lowest BCUT2D eigenvalue weighted by atomic mass is 9.81. The van der Waals surface area contributed by atoms with E-state index in [1.54, 1.807) is 25.4 Å². The van der Waals surface area contributed by atoms with Crippen LogP contribution in [-0.2, 0) is 4.74 Å². The highest BCUT2D eigenvalue weighted by molar-refractivity contribution is 5.94. The van der Waals surface area contributed by atoms with Crippen LogP contribution in [0.5, 0.6) is 5.88 Å². The first-order valence-corrected chi connectivity index (χ1v) is 11.9. The molecule has 7 nitrogen and oxygen atoms in total. The van der Waals surface area contributed by atoms with E-state index in [-0.39, 0.29) is 11.5 Å². The fraction of sp³-hybridized carbons (Fsp3) is 0.750. The van der Waals surface area contributed by atoms with E-state index in [0.29, 0.717) is 17.5 Å². The van der Waals surface area contributed by atoms with E-state index in [9.17, 15) is 4.79 Å². The normalized spacial score (nSPS) is 25.2. The van der Waals surface area contributed by atoms with Gasteiger partial charge in [-0.05, 0) is 37.7 Å². The van der Waals surface area contributed by atoms with E-state index in [0.717, 1.165) is 51.3 Å². The maximum absolute atomic E-state index is 12.9. The van der Waals surface area contributed by atoms with E-state index in [1.807, 2.05) is 4.90 Å². The van der Waals surface area contributed by atoms with E-state index in [1.165, 1.54) is 32.7 Å². The highest BCUT2D eigenvalue weighted by Crippen LogP contribution is 2.37. The molecular weight excluding hydrogens is 392 g/mol. The summed E-state index contributed by atoms with van der Waals surface area (Å²) in [6, 6.07) is 4.15. The van der Waals surface area contributed by atoms with Crippen LogP contribution in [0.2, 0.25) is 0 Å². The van der Waals surface area contributed by atoms with E-state index in [4.69, 9.17) is 9.47 Å². The first-order chi connectivity index (χ1) is 15.0. The zero-order valence-electron chi connectivity index (χ0n) is 19.4. The van der Waals surface area contributed by atoms with Crippen LogP contribution in [0.25, 0.3) is 0 Å². The number of carbonyl (C=O) groups excluding carboxylic acids is 1. The number of likely N-dealkylation sites (tertiary alicyclic amines) is 1. The van der Waals surface area contributed by atoms with Crippen molar-refractivity contribution in [1.82, 2.24) is 19.7 Å². The van der Waals surface area contributed by atoms with Crippen molar-refractivity contribution in [3.63, 3.8) is 0 Å². The Balaban J connectivity index is 1.29. The summed E-state index contributed by atoms with van der Waals surface area (Å²) in [5.74, 6) is 1.32. The van der Waals surface area contributed by atoms with Crippen LogP contribution < -0.4 is 4.74 Å². The number of nitrogens with zero attached hydrogens (tertiary/aromatic N) is 4. The number of aromatic nitrogens is 1. The minimum absolute atomic E-state index is 0.0543. The number of ether oxygens (including phenoxy) is 2. The Bertz CT molecular complexity index is 723. The smallest absolute Gasteiger partial charge is 0.255 e. The van der Waals surface area contributed by atoms with Crippen LogP contribution in [0.15, 0.2) is 18.3 Å². The van der Waals surface area contributed by atoms with Crippen molar-refractivity contribution >= 4 is 5.91 Å². The number of pyridine rings is 1. The molecule has 0 saturated carbocycles. The van der Waals surface area contributed by atoms with Gasteiger partial charge in [-0.1, -0.05) is 13.8 Å². The van der Waals surface area contributed by atoms with Gasteiger partial charge in [0.05, 0.1) is 18.3 Å². The molecule has 1 amide bonds. The van der Waals surface area contributed by atoms with Gasteiger partial charge in [0, 0.05) is 70.7 Å². The Morgan fingerprint density at radius 2 is 1.94 bits per heavy atom. The van der Waals surface area contributed by atoms with Gasteiger partial charge in [-0.2, -0.15) is 0 Å². The quantitative estimate of drug-likeness (QED) is 0.716. The summed E-state index contributed by atoms with van der Waals surface area (Å²) in [6.07, 6.45) is 5.69. The van der Waals surface area contributed by atoms with Crippen LogP contribution in [0.3, 0.4) is 0 Å². The lowest BCUT2D eigenvalue weighted by Crippen LogP contribution is -2.57. The number of piperidine rings is 1. The summed E-state index contributed by atoms with van der Waals surface area (Å²) in [6.45, 7) is 12.9. The number of carbonyl (C=O) groups is 1. The summed E-state index contributed by atoms with van der Waals surface area (Å²) >= 11 is 0. The van der Waals surface area contributed by atoms with E-state index < -0.39 is 0 Å². The molecule has 172 valence electrons. The van der Waals surface area contributed by atoms with Gasteiger partial charge in [-0.15, -0.1) is 0 Å². The number of rotatable bonds is 5. The fourth-order valence-corrected chi connectivity index (χ4v) is 5.42. The van der Waals surface area contributed by atoms with Crippen molar-refractivity contribution in [2.45, 2.75) is 51.2 Å². The van der Waals surface area contributed by atoms with Gasteiger partial charge in [0.15, 0.2) is 0 Å². The monoisotopic (exact) mass is 430 g/mol. The summed E-state index contributed by atoms with van der Waals surface area (Å²) < 4.78 is 11.5. The molecular formula is C24H38N4O3. The number of hydrogen-bond acceptors (Lipinski definition) is 6. The predicted molar refractivity (Wildman–Crippen MR) is 120 cm³/mol. The Hall–Kier alpha value is -1.70. The second kappa shape index (κ2) is 9.84. The van der Waals surface area contributed by atoms with Crippen molar-refractivity contribution in [2.24, 2.45) is 5.92 Å². The van der Waals surface area contributed by atoms with Crippen LogP contribution in [-0.4, -0.2) is 96.8 Å². The Morgan fingerprint density at radius 3 is 2.55 bits per heavy atom. The number of hydrogen-bond donors (Lipinski definition) is 0. The predicted octanol–water partition coefficient (Wildman–Crippen LogP) is 2.52. The lowest BCUT2D eigenvalue weighted by molar-refractivity contribution is -0.132. The molecule has 3 aliphatic rings. The average molecular weight is 431 g/mol. The highest BCUT2D eigenvalue weighted by atomic mass is 16.5. The largest absolute Gasteiger partial charge is 0.481 e. The molecule has 7 heteroatoms. The summed E-state index contributed by atoms with van der Waals surface area (Å²) in [5.41, 5.74) is 0.561. The zero-order valence-corrected chi connectivity index (χ0v) is 19.4. The Morgan fingerprint density at radius 1 is 1.19 bits per heavy atom. The Labute approximate surface area is 186 Å². The van der Waals surface area contributed by atoms with Gasteiger partial charge in [0.25, 0.3) is 5.91 Å². The van der Waals surface area contributed by atoms with Gasteiger partial charge in [0.2, 0.25) is 5.88 Å². The molecule has 1 spiro atoms.